The number of hydrogen-bond donors (Lipinski definition) is 0. The molecule has 3 aromatic carbocycles. The third kappa shape index (κ3) is 3.55. The van der Waals surface area contributed by atoms with E-state index in [4.69, 9.17) is 16.6 Å². The highest BCUT2D eigenvalue weighted by molar-refractivity contribution is 6.30. The summed E-state index contributed by atoms with van der Waals surface area (Å²) in [5.41, 5.74) is 4.88. The number of benzene rings is 3. The SMILES string of the molecule is CC(=O)/C=C/c1cccc(-c2nc3ccccc3n2-c2ccc(Cl)cc2)c1. The first kappa shape index (κ1) is 17.3. The molecule has 1 aromatic heterocycles. The van der Waals surface area contributed by atoms with Crippen LogP contribution in [-0.4, -0.2) is 15.3 Å². The van der Waals surface area contributed by atoms with Gasteiger partial charge < -0.3 is 0 Å². The summed E-state index contributed by atoms with van der Waals surface area (Å²) < 4.78 is 2.12. The van der Waals surface area contributed by atoms with Crippen molar-refractivity contribution in [3.8, 4) is 17.1 Å². The van der Waals surface area contributed by atoms with E-state index in [-0.39, 0.29) is 5.78 Å². The van der Waals surface area contributed by atoms with Gasteiger partial charge >= 0.3 is 0 Å². The van der Waals surface area contributed by atoms with E-state index in [0.29, 0.717) is 5.02 Å². The van der Waals surface area contributed by atoms with E-state index < -0.39 is 0 Å². The van der Waals surface area contributed by atoms with E-state index in [9.17, 15) is 4.79 Å². The maximum atomic E-state index is 11.2. The molecule has 0 spiro atoms. The van der Waals surface area contributed by atoms with Crippen LogP contribution in [-0.2, 0) is 4.79 Å². The first-order chi connectivity index (χ1) is 13.1. The van der Waals surface area contributed by atoms with E-state index in [1.165, 1.54) is 0 Å². The Hall–Kier alpha value is -3.17. The number of ketones is 1. The summed E-state index contributed by atoms with van der Waals surface area (Å²) in [6, 6.07) is 23.8. The number of nitrogens with zero attached hydrogens (tertiary/aromatic N) is 2. The summed E-state index contributed by atoms with van der Waals surface area (Å²) in [4.78, 5) is 16.1. The van der Waals surface area contributed by atoms with Gasteiger partial charge in [0.25, 0.3) is 0 Å². The molecular weight excluding hydrogens is 356 g/mol. The van der Waals surface area contributed by atoms with Gasteiger partial charge in [0.15, 0.2) is 5.78 Å². The highest BCUT2D eigenvalue weighted by atomic mass is 35.5. The van der Waals surface area contributed by atoms with Crippen LogP contribution in [0.4, 0.5) is 0 Å². The monoisotopic (exact) mass is 372 g/mol. The minimum atomic E-state index is 0.0220. The molecule has 27 heavy (non-hydrogen) atoms. The molecule has 3 nitrogen and oxygen atoms in total. The molecule has 0 bridgehead atoms. The summed E-state index contributed by atoms with van der Waals surface area (Å²) in [5, 5.41) is 0.695. The molecule has 0 aliphatic rings. The van der Waals surface area contributed by atoms with Gasteiger partial charge in [-0.25, -0.2) is 4.98 Å². The Labute approximate surface area is 162 Å². The molecule has 0 unspecified atom stereocenters. The second kappa shape index (κ2) is 7.22. The molecule has 132 valence electrons. The second-order valence-corrected chi connectivity index (χ2v) is 6.74. The van der Waals surface area contributed by atoms with Gasteiger partial charge in [0.1, 0.15) is 5.82 Å². The fourth-order valence-electron chi connectivity index (χ4n) is 3.07. The maximum absolute atomic E-state index is 11.2. The third-order valence-corrected chi connectivity index (χ3v) is 4.55. The van der Waals surface area contributed by atoms with Crippen LogP contribution in [0.5, 0.6) is 0 Å². The molecule has 0 aliphatic carbocycles. The molecule has 0 aliphatic heterocycles. The van der Waals surface area contributed by atoms with E-state index in [1.807, 2.05) is 72.8 Å². The quantitative estimate of drug-likeness (QED) is 0.415. The van der Waals surface area contributed by atoms with Crippen molar-refractivity contribution < 1.29 is 4.79 Å². The zero-order valence-corrected chi connectivity index (χ0v) is 15.5. The van der Waals surface area contributed by atoms with Crippen molar-refractivity contribution in [1.29, 1.82) is 0 Å². The molecule has 4 rings (SSSR count). The molecule has 0 N–H and O–H groups in total. The first-order valence-corrected chi connectivity index (χ1v) is 9.02. The summed E-state index contributed by atoms with van der Waals surface area (Å²) in [6.07, 6.45) is 3.39. The predicted octanol–water partition coefficient (Wildman–Crippen LogP) is 5.95. The Morgan fingerprint density at radius 3 is 2.56 bits per heavy atom. The number of aromatic nitrogens is 2. The molecule has 4 heteroatoms. The van der Waals surface area contributed by atoms with Gasteiger partial charge in [0.2, 0.25) is 0 Å². The predicted molar refractivity (Wildman–Crippen MR) is 111 cm³/mol. The van der Waals surface area contributed by atoms with Crippen LogP contribution in [0.15, 0.2) is 78.9 Å². The van der Waals surface area contributed by atoms with Gasteiger partial charge in [0.05, 0.1) is 11.0 Å². The highest BCUT2D eigenvalue weighted by Gasteiger charge is 2.14. The van der Waals surface area contributed by atoms with E-state index in [2.05, 4.69) is 10.6 Å². The Morgan fingerprint density at radius 1 is 1.00 bits per heavy atom. The minimum Gasteiger partial charge on any atom is -0.295 e. The molecule has 1 heterocycles. The van der Waals surface area contributed by atoms with Gasteiger partial charge in [-0.3, -0.25) is 9.36 Å². The van der Waals surface area contributed by atoms with Crippen LogP contribution in [0.2, 0.25) is 5.02 Å². The third-order valence-electron chi connectivity index (χ3n) is 4.30. The van der Waals surface area contributed by atoms with Gasteiger partial charge in [-0.05, 0) is 61.0 Å². The summed E-state index contributed by atoms with van der Waals surface area (Å²) in [6.45, 7) is 1.54. The standard InChI is InChI=1S/C23H17ClN2O/c1-16(27)9-10-17-5-4-6-18(15-17)23-25-21-7-2-3-8-22(21)26(23)20-13-11-19(24)12-14-20/h2-15H,1H3/b10-9+. The van der Waals surface area contributed by atoms with Crippen molar-refractivity contribution >= 4 is 34.5 Å². The number of fused-ring (bicyclic) bond motifs is 1. The largest absolute Gasteiger partial charge is 0.295 e. The van der Waals surface area contributed by atoms with Crippen molar-refractivity contribution in [2.75, 3.05) is 0 Å². The number of hydrogen-bond acceptors (Lipinski definition) is 2. The molecule has 0 saturated heterocycles. The zero-order valence-electron chi connectivity index (χ0n) is 14.8. The molecule has 0 radical (unpaired) electrons. The minimum absolute atomic E-state index is 0.0220. The lowest BCUT2D eigenvalue weighted by molar-refractivity contribution is -0.112. The Balaban J connectivity index is 1.92. The van der Waals surface area contributed by atoms with Crippen molar-refractivity contribution in [3.63, 3.8) is 0 Å². The van der Waals surface area contributed by atoms with Crippen molar-refractivity contribution in [1.82, 2.24) is 9.55 Å². The average molecular weight is 373 g/mol. The zero-order chi connectivity index (χ0) is 18.8. The lowest BCUT2D eigenvalue weighted by atomic mass is 10.1. The van der Waals surface area contributed by atoms with Crippen LogP contribution in [0.3, 0.4) is 0 Å². The van der Waals surface area contributed by atoms with Gasteiger partial charge in [-0.2, -0.15) is 0 Å². The lowest BCUT2D eigenvalue weighted by Gasteiger charge is -2.10. The Bertz CT molecular complexity index is 1160. The van der Waals surface area contributed by atoms with Crippen LogP contribution >= 0.6 is 11.6 Å². The fraction of sp³-hybridized carbons (Fsp3) is 0.0435. The van der Waals surface area contributed by atoms with Gasteiger partial charge in [-0.1, -0.05) is 48.0 Å². The average Bonchev–Trinajstić information content (AvgIpc) is 3.07. The normalized spacial score (nSPS) is 11.3. The topological polar surface area (TPSA) is 34.9 Å². The molecule has 0 amide bonds. The molecule has 4 aromatic rings. The molecule has 0 atom stereocenters. The highest BCUT2D eigenvalue weighted by Crippen LogP contribution is 2.29. The van der Waals surface area contributed by atoms with E-state index in [0.717, 1.165) is 33.7 Å². The first-order valence-electron chi connectivity index (χ1n) is 8.64. The number of rotatable bonds is 4. The lowest BCUT2D eigenvalue weighted by Crippen LogP contribution is -1.97. The maximum Gasteiger partial charge on any atom is 0.152 e. The number of imidazole rings is 1. The molecule has 0 fully saturated rings. The number of halogens is 1. The number of carbonyl (C=O) groups excluding carboxylic acids is 1. The van der Waals surface area contributed by atoms with Crippen LogP contribution < -0.4 is 0 Å². The summed E-state index contributed by atoms with van der Waals surface area (Å²) >= 11 is 6.07. The molecule has 0 saturated carbocycles. The van der Waals surface area contributed by atoms with Crippen molar-refractivity contribution in [2.45, 2.75) is 6.92 Å². The second-order valence-electron chi connectivity index (χ2n) is 6.31. The smallest absolute Gasteiger partial charge is 0.152 e. The molecular formula is C23H17ClN2O. The van der Waals surface area contributed by atoms with Gasteiger partial charge in [-0.15, -0.1) is 0 Å². The number of carbonyl (C=O) groups is 1. The summed E-state index contributed by atoms with van der Waals surface area (Å²) in [7, 11) is 0. The number of para-hydroxylation sites is 2. The van der Waals surface area contributed by atoms with E-state index in [1.54, 1.807) is 13.0 Å². The van der Waals surface area contributed by atoms with Crippen molar-refractivity contribution in [3.05, 3.63) is 89.5 Å². The fourth-order valence-corrected chi connectivity index (χ4v) is 3.19. The number of allylic oxidation sites excluding steroid dienone is 1. The Morgan fingerprint density at radius 2 is 1.78 bits per heavy atom. The summed E-state index contributed by atoms with van der Waals surface area (Å²) in [5.74, 6) is 0.866. The van der Waals surface area contributed by atoms with E-state index >= 15 is 0 Å². The van der Waals surface area contributed by atoms with Gasteiger partial charge in [0, 0.05) is 16.3 Å². The van der Waals surface area contributed by atoms with Crippen LogP contribution in [0, 0.1) is 0 Å². The van der Waals surface area contributed by atoms with Crippen LogP contribution in [0.1, 0.15) is 12.5 Å². The Kier molecular flexibility index (Phi) is 4.61. The van der Waals surface area contributed by atoms with Crippen molar-refractivity contribution in [2.24, 2.45) is 0 Å². The van der Waals surface area contributed by atoms with Crippen LogP contribution in [0.25, 0.3) is 34.2 Å².